The SMILES string of the molecule is CSCC[C@H]([15NH2])C(=O)O. The number of hydrogen-bond acceptors (Lipinski definition) is 3. The molecule has 4 heteroatoms. The first-order valence-corrected chi connectivity index (χ1v) is 4.05. The molecular weight excluding hydrogens is 139 g/mol. The summed E-state index contributed by atoms with van der Waals surface area (Å²) in [5.41, 5.74) is 5.19. The number of thioether (sulfide) groups is 1. The van der Waals surface area contributed by atoms with Crippen molar-refractivity contribution in [3.63, 3.8) is 0 Å². The first kappa shape index (κ1) is 8.78. The minimum Gasteiger partial charge on any atom is -0.480 e. The molecule has 0 heterocycles. The van der Waals surface area contributed by atoms with Crippen LogP contribution in [-0.2, 0) is 4.79 Å². The molecule has 0 aromatic rings. The predicted octanol–water partition coefficient (Wildman–Crippen LogP) is 0.151. The smallest absolute Gasteiger partial charge is 0.320 e. The monoisotopic (exact) mass is 150 g/mol. The summed E-state index contributed by atoms with van der Waals surface area (Å²) in [6.45, 7) is 0. The van der Waals surface area contributed by atoms with Crippen molar-refractivity contribution >= 4 is 17.7 Å². The Morgan fingerprint density at radius 2 is 2.44 bits per heavy atom. The third kappa shape index (κ3) is 4.29. The minimum atomic E-state index is -0.913. The van der Waals surface area contributed by atoms with E-state index in [9.17, 15) is 4.79 Å². The Labute approximate surface area is 58.6 Å². The van der Waals surface area contributed by atoms with Crippen LogP contribution in [-0.4, -0.2) is 29.1 Å². The maximum absolute atomic E-state index is 10.1. The average Bonchev–Trinajstić information content (AvgIpc) is 1.82. The quantitative estimate of drug-likeness (QED) is 0.560. The second-order valence-corrected chi connectivity index (χ2v) is 2.71. The zero-order valence-electron chi connectivity index (χ0n) is 5.33. The van der Waals surface area contributed by atoms with Crippen molar-refractivity contribution in [1.82, 2.24) is 0 Å². The van der Waals surface area contributed by atoms with Gasteiger partial charge in [0.1, 0.15) is 6.04 Å². The van der Waals surface area contributed by atoms with Gasteiger partial charge >= 0.3 is 5.97 Å². The second kappa shape index (κ2) is 4.64. The Kier molecular flexibility index (Phi) is 4.53. The summed E-state index contributed by atoms with van der Waals surface area (Å²) in [5, 5.41) is 8.27. The van der Waals surface area contributed by atoms with E-state index in [4.69, 9.17) is 10.8 Å². The van der Waals surface area contributed by atoms with Gasteiger partial charge in [-0.3, -0.25) is 4.79 Å². The molecule has 0 aliphatic heterocycles. The molecule has 0 fully saturated rings. The van der Waals surface area contributed by atoms with Crippen LogP contribution in [0.5, 0.6) is 0 Å². The van der Waals surface area contributed by atoms with Crippen molar-refractivity contribution in [2.24, 2.45) is 5.73 Å². The molecule has 0 amide bonds. The van der Waals surface area contributed by atoms with Crippen LogP contribution >= 0.6 is 11.8 Å². The van der Waals surface area contributed by atoms with E-state index in [1.807, 2.05) is 6.26 Å². The Bertz CT molecular complexity index is 97.0. The molecule has 0 aliphatic carbocycles. The van der Waals surface area contributed by atoms with Crippen LogP contribution in [0.25, 0.3) is 0 Å². The minimum absolute atomic E-state index is 0.552. The summed E-state index contributed by atoms with van der Waals surface area (Å²) in [4.78, 5) is 10.1. The number of hydrogen-bond donors (Lipinski definition) is 2. The highest BCUT2D eigenvalue weighted by molar-refractivity contribution is 7.98. The lowest BCUT2D eigenvalue weighted by Gasteiger charge is -2.02. The first-order chi connectivity index (χ1) is 4.18. The molecule has 0 rings (SSSR count). The summed E-state index contributed by atoms with van der Waals surface area (Å²) in [5.74, 6) is -0.1000. The van der Waals surface area contributed by atoms with Crippen LogP contribution in [0.3, 0.4) is 0 Å². The maximum atomic E-state index is 10.1. The Balaban J connectivity index is 3.27. The van der Waals surface area contributed by atoms with Crippen molar-refractivity contribution in [3.8, 4) is 0 Å². The molecule has 1 atom stereocenters. The third-order valence-corrected chi connectivity index (χ3v) is 1.59. The van der Waals surface area contributed by atoms with E-state index in [0.29, 0.717) is 6.42 Å². The fraction of sp³-hybridized carbons (Fsp3) is 0.800. The van der Waals surface area contributed by atoms with E-state index >= 15 is 0 Å². The zero-order chi connectivity index (χ0) is 7.28. The number of rotatable bonds is 4. The molecule has 9 heavy (non-hydrogen) atoms. The van der Waals surface area contributed by atoms with E-state index in [1.54, 1.807) is 11.8 Å². The summed E-state index contributed by atoms with van der Waals surface area (Å²) in [6, 6.07) is -0.683. The van der Waals surface area contributed by atoms with Crippen LogP contribution in [0.2, 0.25) is 0 Å². The first-order valence-electron chi connectivity index (χ1n) is 2.65. The van der Waals surface area contributed by atoms with Crippen LogP contribution < -0.4 is 5.73 Å². The van der Waals surface area contributed by atoms with E-state index in [0.717, 1.165) is 5.75 Å². The number of aliphatic carboxylic acids is 1. The molecule has 0 saturated heterocycles. The van der Waals surface area contributed by atoms with Crippen molar-refractivity contribution in [2.75, 3.05) is 12.0 Å². The van der Waals surface area contributed by atoms with Crippen LogP contribution in [0, 0.1) is 0 Å². The van der Waals surface area contributed by atoms with Crippen LogP contribution in [0.4, 0.5) is 0 Å². The number of carboxylic acid groups (broad SMARTS) is 1. The number of carbonyl (C=O) groups is 1. The Morgan fingerprint density at radius 3 is 2.78 bits per heavy atom. The van der Waals surface area contributed by atoms with Gasteiger partial charge in [-0.2, -0.15) is 11.8 Å². The molecule has 0 radical (unpaired) electrons. The van der Waals surface area contributed by atoms with Gasteiger partial charge in [-0.05, 0) is 18.4 Å². The predicted molar refractivity (Wildman–Crippen MR) is 38.6 cm³/mol. The molecule has 0 unspecified atom stereocenters. The molecule has 3 N–H and O–H groups in total. The number of nitrogens with two attached hydrogens (primary N) is 1. The summed E-state index contributed by atoms with van der Waals surface area (Å²) < 4.78 is 0. The standard InChI is InChI=1S/C5H11NO2S/c1-9-3-2-4(6)5(7)8/h4H,2-3,6H2,1H3,(H,7,8)/t4-/m0/s1/i6+1. The summed E-state index contributed by atoms with van der Waals surface area (Å²) >= 11 is 1.60. The fourth-order valence-corrected chi connectivity index (χ4v) is 0.858. The van der Waals surface area contributed by atoms with Gasteiger partial charge in [-0.25, -0.2) is 0 Å². The molecule has 0 aliphatic rings. The topological polar surface area (TPSA) is 63.3 Å². The lowest BCUT2D eigenvalue weighted by atomic mass is 10.3. The zero-order valence-corrected chi connectivity index (χ0v) is 6.15. The van der Waals surface area contributed by atoms with Crippen molar-refractivity contribution in [3.05, 3.63) is 0 Å². The molecule has 0 aromatic carbocycles. The van der Waals surface area contributed by atoms with Crippen molar-refractivity contribution < 1.29 is 9.90 Å². The van der Waals surface area contributed by atoms with Crippen LogP contribution in [0.1, 0.15) is 6.42 Å². The van der Waals surface area contributed by atoms with Gasteiger partial charge in [0.05, 0.1) is 0 Å². The Morgan fingerprint density at radius 1 is 1.89 bits per heavy atom. The average molecular weight is 150 g/mol. The highest BCUT2D eigenvalue weighted by Gasteiger charge is 2.08. The molecule has 0 bridgehead atoms. The highest BCUT2D eigenvalue weighted by atomic mass is 32.2. The molecular formula is C5H11NO2S. The van der Waals surface area contributed by atoms with E-state index in [1.165, 1.54) is 0 Å². The van der Waals surface area contributed by atoms with Gasteiger partial charge in [0.25, 0.3) is 0 Å². The normalized spacial score (nSPS) is 13.1. The molecule has 54 valence electrons. The lowest BCUT2D eigenvalue weighted by molar-refractivity contribution is -0.138. The number of carboxylic acids is 1. The van der Waals surface area contributed by atoms with Gasteiger partial charge in [0.2, 0.25) is 0 Å². The third-order valence-electron chi connectivity index (χ3n) is 0.950. The fourth-order valence-electron chi connectivity index (χ4n) is 0.368. The second-order valence-electron chi connectivity index (χ2n) is 1.73. The largest absolute Gasteiger partial charge is 0.480 e. The van der Waals surface area contributed by atoms with Crippen molar-refractivity contribution in [2.45, 2.75) is 12.5 Å². The van der Waals surface area contributed by atoms with E-state index < -0.39 is 12.0 Å². The van der Waals surface area contributed by atoms with Gasteiger partial charge in [-0.1, -0.05) is 0 Å². The van der Waals surface area contributed by atoms with Crippen LogP contribution in [0.15, 0.2) is 0 Å². The summed E-state index contributed by atoms with van der Waals surface area (Å²) in [6.07, 6.45) is 2.48. The van der Waals surface area contributed by atoms with Gasteiger partial charge in [0.15, 0.2) is 0 Å². The van der Waals surface area contributed by atoms with Gasteiger partial charge < -0.3 is 10.8 Å². The van der Waals surface area contributed by atoms with Crippen molar-refractivity contribution in [1.29, 1.82) is 0 Å². The molecule has 0 spiro atoms. The lowest BCUT2D eigenvalue weighted by Crippen LogP contribution is -2.30. The highest BCUT2D eigenvalue weighted by Crippen LogP contribution is 1.97. The molecule has 0 aromatic heterocycles. The Hall–Kier alpha value is -0.220. The maximum Gasteiger partial charge on any atom is 0.320 e. The summed E-state index contributed by atoms with van der Waals surface area (Å²) in [7, 11) is 0. The van der Waals surface area contributed by atoms with E-state index in [-0.39, 0.29) is 0 Å². The van der Waals surface area contributed by atoms with E-state index in [2.05, 4.69) is 0 Å². The van der Waals surface area contributed by atoms with Gasteiger partial charge in [0, 0.05) is 0 Å². The van der Waals surface area contributed by atoms with Gasteiger partial charge in [-0.15, -0.1) is 0 Å². The molecule has 0 saturated carbocycles. The molecule has 3 nitrogen and oxygen atoms in total.